The number of nitrogens with one attached hydrogen (secondary N) is 1. The van der Waals surface area contributed by atoms with Crippen molar-refractivity contribution >= 4 is 29.5 Å². The predicted octanol–water partition coefficient (Wildman–Crippen LogP) is 1.46. The maximum atomic E-state index is 12.2. The van der Waals surface area contributed by atoms with E-state index in [9.17, 15) is 9.59 Å². The Hall–Kier alpha value is -2.48. The van der Waals surface area contributed by atoms with Crippen LogP contribution in [0.25, 0.3) is 0 Å². The lowest BCUT2D eigenvalue weighted by molar-refractivity contribution is -0.137. The average molecular weight is 319 g/mol. The van der Waals surface area contributed by atoms with Crippen LogP contribution in [-0.2, 0) is 16.1 Å². The zero-order valence-corrected chi connectivity index (χ0v) is 12.2. The number of aliphatic carboxylic acids is 1. The van der Waals surface area contributed by atoms with Crippen molar-refractivity contribution in [3.05, 3.63) is 36.5 Å². The van der Waals surface area contributed by atoms with Gasteiger partial charge in [-0.15, -0.1) is 11.8 Å². The first-order chi connectivity index (χ1) is 10.6. The van der Waals surface area contributed by atoms with E-state index in [1.54, 1.807) is 17.8 Å². The van der Waals surface area contributed by atoms with Crippen molar-refractivity contribution in [1.29, 1.82) is 0 Å². The van der Waals surface area contributed by atoms with Crippen LogP contribution in [0.15, 0.2) is 41.4 Å². The maximum absolute atomic E-state index is 12.2. The second-order valence-electron chi connectivity index (χ2n) is 4.65. The molecule has 1 amide bonds. The van der Waals surface area contributed by atoms with Crippen LogP contribution in [0.4, 0.5) is 5.82 Å². The van der Waals surface area contributed by atoms with E-state index in [4.69, 9.17) is 9.84 Å². The highest BCUT2D eigenvalue weighted by atomic mass is 32.2. The summed E-state index contributed by atoms with van der Waals surface area (Å²) in [5.41, 5.74) is 0. The Balaban J connectivity index is 1.63. The number of fused-ring (bicyclic) bond motifs is 1. The van der Waals surface area contributed by atoms with E-state index in [0.717, 1.165) is 4.90 Å². The van der Waals surface area contributed by atoms with E-state index < -0.39 is 12.1 Å². The fourth-order valence-corrected chi connectivity index (χ4v) is 2.99. The monoisotopic (exact) mass is 319 g/mol. The van der Waals surface area contributed by atoms with Gasteiger partial charge in [0.25, 0.3) is 5.91 Å². The summed E-state index contributed by atoms with van der Waals surface area (Å²) in [6.07, 6.45) is 0.889. The van der Waals surface area contributed by atoms with Crippen molar-refractivity contribution < 1.29 is 19.4 Å². The molecule has 0 aliphatic carbocycles. The van der Waals surface area contributed by atoms with Gasteiger partial charge in [0.1, 0.15) is 12.3 Å². The van der Waals surface area contributed by atoms with Crippen molar-refractivity contribution in [2.45, 2.75) is 17.5 Å². The van der Waals surface area contributed by atoms with Gasteiger partial charge in [0.2, 0.25) is 0 Å². The van der Waals surface area contributed by atoms with Gasteiger partial charge >= 0.3 is 5.97 Å². The highest BCUT2D eigenvalue weighted by molar-refractivity contribution is 7.99. The first kappa shape index (κ1) is 14.5. The van der Waals surface area contributed by atoms with Gasteiger partial charge in [0, 0.05) is 22.9 Å². The molecule has 0 bridgehead atoms. The van der Waals surface area contributed by atoms with Gasteiger partial charge in [-0.25, -0.2) is 0 Å². The Morgan fingerprint density at radius 2 is 2.23 bits per heavy atom. The molecule has 0 spiro atoms. The number of rotatable bonds is 4. The normalized spacial score (nSPS) is 16.5. The van der Waals surface area contributed by atoms with Crippen LogP contribution in [0.2, 0.25) is 0 Å². The van der Waals surface area contributed by atoms with Crippen molar-refractivity contribution in [3.8, 4) is 5.75 Å². The summed E-state index contributed by atoms with van der Waals surface area (Å²) >= 11 is 1.56. The molecule has 2 aromatic rings. The lowest BCUT2D eigenvalue weighted by atomic mass is 10.3. The topological polar surface area (TPSA) is 93.5 Å². The van der Waals surface area contributed by atoms with E-state index in [2.05, 4.69) is 10.4 Å². The molecule has 3 rings (SSSR count). The molecule has 0 fully saturated rings. The molecule has 22 heavy (non-hydrogen) atoms. The Morgan fingerprint density at radius 3 is 3.05 bits per heavy atom. The molecule has 0 saturated carbocycles. The van der Waals surface area contributed by atoms with Crippen molar-refractivity contribution in [2.24, 2.45) is 0 Å². The number of carbonyl (C=O) groups excluding carboxylic acids is 1. The molecular formula is C14H13N3O4S. The maximum Gasteiger partial charge on any atom is 0.325 e. The zero-order valence-electron chi connectivity index (χ0n) is 11.4. The van der Waals surface area contributed by atoms with Gasteiger partial charge < -0.3 is 15.2 Å². The first-order valence-electron chi connectivity index (χ1n) is 6.56. The minimum Gasteiger partial charge on any atom is -0.480 e. The summed E-state index contributed by atoms with van der Waals surface area (Å²) in [6, 6.07) is 9.09. The van der Waals surface area contributed by atoms with Gasteiger partial charge in [-0.3, -0.25) is 14.3 Å². The lowest BCUT2D eigenvalue weighted by Crippen LogP contribution is -2.36. The molecular weight excluding hydrogens is 306 g/mol. The molecule has 1 aliphatic rings. The summed E-state index contributed by atoms with van der Waals surface area (Å²) in [5.74, 6) is 0.208. The van der Waals surface area contributed by atoms with Gasteiger partial charge in [0.15, 0.2) is 11.9 Å². The zero-order chi connectivity index (χ0) is 15.5. The third-order valence-corrected chi connectivity index (χ3v) is 4.11. The molecule has 1 aromatic carbocycles. The SMILES string of the molecule is O=C(O)Cn1ccc(NC(=O)[C@@H]2CSc3ccccc3O2)n1. The second-order valence-corrected chi connectivity index (χ2v) is 5.71. The molecule has 0 radical (unpaired) electrons. The van der Waals surface area contributed by atoms with Crippen LogP contribution >= 0.6 is 11.8 Å². The summed E-state index contributed by atoms with van der Waals surface area (Å²) in [5, 5.41) is 15.3. The van der Waals surface area contributed by atoms with Crippen molar-refractivity contribution in [1.82, 2.24) is 9.78 Å². The average Bonchev–Trinajstić information content (AvgIpc) is 2.93. The number of ether oxygens (including phenoxy) is 1. The molecule has 114 valence electrons. The molecule has 8 heteroatoms. The van der Waals surface area contributed by atoms with Gasteiger partial charge in [0.05, 0.1) is 0 Å². The fraction of sp³-hybridized carbons (Fsp3) is 0.214. The smallest absolute Gasteiger partial charge is 0.325 e. The number of anilines is 1. The Morgan fingerprint density at radius 1 is 1.41 bits per heavy atom. The number of para-hydroxylation sites is 1. The molecule has 2 N–H and O–H groups in total. The summed E-state index contributed by atoms with van der Waals surface area (Å²) in [4.78, 5) is 23.8. The first-order valence-corrected chi connectivity index (χ1v) is 7.55. The minimum atomic E-state index is -0.996. The summed E-state index contributed by atoms with van der Waals surface area (Å²) in [7, 11) is 0. The number of thioether (sulfide) groups is 1. The third kappa shape index (κ3) is 3.22. The number of aromatic nitrogens is 2. The standard InChI is InChI=1S/C14H13N3O4S/c18-13(19)7-17-6-5-12(16-17)15-14(20)10-8-22-11-4-2-1-3-9(11)21-10/h1-6,10H,7-8H2,(H,18,19)(H,15,16,20)/t10-/m0/s1. The van der Waals surface area contributed by atoms with Crippen LogP contribution in [0.5, 0.6) is 5.75 Å². The van der Waals surface area contributed by atoms with Gasteiger partial charge in [-0.1, -0.05) is 12.1 Å². The third-order valence-electron chi connectivity index (χ3n) is 2.99. The Bertz CT molecular complexity index is 716. The summed E-state index contributed by atoms with van der Waals surface area (Å²) < 4.78 is 6.92. The predicted molar refractivity (Wildman–Crippen MR) is 80.1 cm³/mol. The number of amides is 1. The van der Waals surface area contributed by atoms with E-state index in [-0.39, 0.29) is 12.5 Å². The highest BCUT2D eigenvalue weighted by Gasteiger charge is 2.26. The fourth-order valence-electron chi connectivity index (χ4n) is 2.01. The molecule has 1 aromatic heterocycles. The molecule has 0 unspecified atom stereocenters. The van der Waals surface area contributed by atoms with Crippen molar-refractivity contribution in [3.63, 3.8) is 0 Å². The van der Waals surface area contributed by atoms with Crippen LogP contribution in [-0.4, -0.2) is 38.6 Å². The number of benzene rings is 1. The van der Waals surface area contributed by atoms with E-state index in [0.29, 0.717) is 17.3 Å². The Labute approximate surface area is 130 Å². The van der Waals surface area contributed by atoms with Crippen LogP contribution in [0.1, 0.15) is 0 Å². The molecule has 0 saturated heterocycles. The lowest BCUT2D eigenvalue weighted by Gasteiger charge is -2.24. The molecule has 2 heterocycles. The molecule has 7 nitrogen and oxygen atoms in total. The molecule has 1 aliphatic heterocycles. The minimum absolute atomic E-state index is 0.251. The van der Waals surface area contributed by atoms with E-state index >= 15 is 0 Å². The van der Waals surface area contributed by atoms with E-state index in [1.165, 1.54) is 10.9 Å². The van der Waals surface area contributed by atoms with Crippen LogP contribution < -0.4 is 10.1 Å². The number of nitrogens with zero attached hydrogens (tertiary/aromatic N) is 2. The number of carboxylic acids is 1. The van der Waals surface area contributed by atoms with Gasteiger partial charge in [-0.2, -0.15) is 5.10 Å². The molecule has 1 atom stereocenters. The second kappa shape index (κ2) is 6.10. The number of carboxylic acid groups (broad SMARTS) is 1. The quantitative estimate of drug-likeness (QED) is 0.886. The van der Waals surface area contributed by atoms with Crippen LogP contribution in [0, 0.1) is 0 Å². The summed E-state index contributed by atoms with van der Waals surface area (Å²) in [6.45, 7) is -0.251. The highest BCUT2D eigenvalue weighted by Crippen LogP contribution is 2.35. The van der Waals surface area contributed by atoms with E-state index in [1.807, 2.05) is 24.3 Å². The number of hydrogen-bond donors (Lipinski definition) is 2. The number of carbonyl (C=O) groups is 2. The Kier molecular flexibility index (Phi) is 4.01. The number of hydrogen-bond acceptors (Lipinski definition) is 5. The van der Waals surface area contributed by atoms with Gasteiger partial charge in [-0.05, 0) is 12.1 Å². The van der Waals surface area contributed by atoms with Crippen LogP contribution in [0.3, 0.4) is 0 Å². The van der Waals surface area contributed by atoms with Crippen molar-refractivity contribution in [2.75, 3.05) is 11.1 Å². The largest absolute Gasteiger partial charge is 0.480 e.